The molecule has 13 heavy (non-hydrogen) atoms. The van der Waals surface area contributed by atoms with E-state index in [9.17, 15) is 4.79 Å². The Kier molecular flexibility index (Phi) is 1.96. The van der Waals surface area contributed by atoms with Crippen LogP contribution in [0.2, 0.25) is 5.15 Å². The molecule has 0 aromatic carbocycles. The smallest absolute Gasteiger partial charge is 0.232 e. The predicted molar refractivity (Wildman–Crippen MR) is 51.0 cm³/mol. The van der Waals surface area contributed by atoms with Gasteiger partial charge in [-0.3, -0.25) is 9.69 Å². The molecule has 2 heterocycles. The molecule has 0 bridgehead atoms. The topological polar surface area (TPSA) is 33.2 Å². The number of amides is 1. The van der Waals surface area contributed by atoms with Crippen LogP contribution in [0.5, 0.6) is 0 Å². The standard InChI is InChI=1S/C9H9ClN2O/c1-2-12-8(13)5-6-3-4-7(10)11-9(6)12/h3-4H,2,5H2,1H3. The van der Waals surface area contributed by atoms with Gasteiger partial charge in [-0.05, 0) is 13.0 Å². The third-order valence-corrected chi connectivity index (χ3v) is 2.35. The lowest BCUT2D eigenvalue weighted by Gasteiger charge is -2.12. The zero-order valence-corrected chi connectivity index (χ0v) is 8.01. The van der Waals surface area contributed by atoms with Crippen molar-refractivity contribution in [3.05, 3.63) is 22.8 Å². The van der Waals surface area contributed by atoms with E-state index in [2.05, 4.69) is 4.98 Å². The van der Waals surface area contributed by atoms with Crippen LogP contribution in [0.15, 0.2) is 12.1 Å². The Bertz CT molecular complexity index is 365. The van der Waals surface area contributed by atoms with Crippen LogP contribution in [0.3, 0.4) is 0 Å². The van der Waals surface area contributed by atoms with Crippen LogP contribution in [0.1, 0.15) is 12.5 Å². The molecule has 1 aliphatic heterocycles. The van der Waals surface area contributed by atoms with Crippen molar-refractivity contribution in [2.75, 3.05) is 11.4 Å². The monoisotopic (exact) mass is 196 g/mol. The highest BCUT2D eigenvalue weighted by Crippen LogP contribution is 2.27. The van der Waals surface area contributed by atoms with E-state index in [0.717, 1.165) is 11.4 Å². The quantitative estimate of drug-likeness (QED) is 0.640. The number of rotatable bonds is 1. The molecule has 1 aromatic heterocycles. The first kappa shape index (κ1) is 8.51. The Morgan fingerprint density at radius 2 is 2.38 bits per heavy atom. The SMILES string of the molecule is CCN1C(=O)Cc2ccc(Cl)nc21. The van der Waals surface area contributed by atoms with Crippen molar-refractivity contribution < 1.29 is 4.79 Å². The lowest BCUT2D eigenvalue weighted by Crippen LogP contribution is -2.26. The lowest BCUT2D eigenvalue weighted by molar-refractivity contribution is -0.117. The van der Waals surface area contributed by atoms with Gasteiger partial charge in [0.15, 0.2) is 0 Å². The van der Waals surface area contributed by atoms with Crippen molar-refractivity contribution in [1.29, 1.82) is 0 Å². The van der Waals surface area contributed by atoms with E-state index in [4.69, 9.17) is 11.6 Å². The number of pyridine rings is 1. The summed E-state index contributed by atoms with van der Waals surface area (Å²) in [5, 5.41) is 0.437. The summed E-state index contributed by atoms with van der Waals surface area (Å²) < 4.78 is 0. The maximum absolute atomic E-state index is 11.4. The first-order chi connectivity index (χ1) is 6.22. The molecule has 2 rings (SSSR count). The number of anilines is 1. The van der Waals surface area contributed by atoms with Crippen molar-refractivity contribution in [2.45, 2.75) is 13.3 Å². The van der Waals surface area contributed by atoms with Crippen molar-refractivity contribution in [2.24, 2.45) is 0 Å². The second-order valence-electron chi connectivity index (χ2n) is 2.93. The van der Waals surface area contributed by atoms with Crippen LogP contribution in [0.25, 0.3) is 0 Å². The lowest BCUT2D eigenvalue weighted by atomic mass is 10.2. The van der Waals surface area contributed by atoms with Crippen molar-refractivity contribution in [3.63, 3.8) is 0 Å². The summed E-state index contributed by atoms with van der Waals surface area (Å²) >= 11 is 5.74. The normalized spacial score (nSPS) is 14.9. The summed E-state index contributed by atoms with van der Waals surface area (Å²) in [6, 6.07) is 3.57. The first-order valence-electron chi connectivity index (χ1n) is 4.18. The molecule has 0 N–H and O–H groups in total. The molecule has 0 spiro atoms. The van der Waals surface area contributed by atoms with Gasteiger partial charge in [0.25, 0.3) is 0 Å². The van der Waals surface area contributed by atoms with Gasteiger partial charge in [-0.2, -0.15) is 0 Å². The Balaban J connectivity index is 2.50. The van der Waals surface area contributed by atoms with Crippen molar-refractivity contribution >= 4 is 23.3 Å². The molecule has 1 amide bonds. The van der Waals surface area contributed by atoms with Crippen molar-refractivity contribution in [3.8, 4) is 0 Å². The van der Waals surface area contributed by atoms with E-state index in [1.54, 1.807) is 11.0 Å². The molecular formula is C9H9ClN2O. The minimum atomic E-state index is 0.104. The number of carbonyl (C=O) groups is 1. The first-order valence-corrected chi connectivity index (χ1v) is 4.56. The third kappa shape index (κ3) is 1.29. The highest BCUT2D eigenvalue weighted by molar-refractivity contribution is 6.29. The largest absolute Gasteiger partial charge is 0.297 e. The Hall–Kier alpha value is -1.09. The van der Waals surface area contributed by atoms with Gasteiger partial charge in [0.1, 0.15) is 11.0 Å². The summed E-state index contributed by atoms with van der Waals surface area (Å²) in [6.07, 6.45) is 0.452. The average Bonchev–Trinajstić information content (AvgIpc) is 2.40. The van der Waals surface area contributed by atoms with E-state index < -0.39 is 0 Å². The number of likely N-dealkylation sites (N-methyl/N-ethyl adjacent to an activating group) is 1. The third-order valence-electron chi connectivity index (χ3n) is 2.14. The Morgan fingerprint density at radius 1 is 1.62 bits per heavy atom. The molecule has 3 nitrogen and oxygen atoms in total. The zero-order valence-electron chi connectivity index (χ0n) is 7.25. The summed E-state index contributed by atoms with van der Waals surface area (Å²) in [6.45, 7) is 2.58. The second-order valence-corrected chi connectivity index (χ2v) is 3.32. The summed E-state index contributed by atoms with van der Waals surface area (Å²) in [5.41, 5.74) is 0.969. The van der Waals surface area contributed by atoms with Crippen LogP contribution >= 0.6 is 11.6 Å². The van der Waals surface area contributed by atoms with E-state index in [0.29, 0.717) is 18.1 Å². The molecule has 0 radical (unpaired) electrons. The molecule has 68 valence electrons. The van der Waals surface area contributed by atoms with Crippen LogP contribution in [0.4, 0.5) is 5.82 Å². The molecular weight excluding hydrogens is 188 g/mol. The van der Waals surface area contributed by atoms with Crippen LogP contribution in [-0.4, -0.2) is 17.4 Å². The van der Waals surface area contributed by atoms with E-state index in [1.807, 2.05) is 13.0 Å². The van der Waals surface area contributed by atoms with Gasteiger partial charge in [0.05, 0.1) is 6.42 Å². The van der Waals surface area contributed by atoms with Gasteiger partial charge < -0.3 is 0 Å². The van der Waals surface area contributed by atoms with E-state index >= 15 is 0 Å². The van der Waals surface area contributed by atoms with Crippen LogP contribution < -0.4 is 4.90 Å². The molecule has 1 aliphatic rings. The van der Waals surface area contributed by atoms with Crippen LogP contribution in [-0.2, 0) is 11.2 Å². The summed E-state index contributed by atoms with van der Waals surface area (Å²) in [4.78, 5) is 17.2. The fourth-order valence-corrected chi connectivity index (χ4v) is 1.67. The van der Waals surface area contributed by atoms with Gasteiger partial charge >= 0.3 is 0 Å². The summed E-state index contributed by atoms with van der Waals surface area (Å²) in [5.74, 6) is 0.826. The molecule has 1 aromatic rings. The minimum Gasteiger partial charge on any atom is -0.297 e. The Morgan fingerprint density at radius 3 is 3.08 bits per heavy atom. The zero-order chi connectivity index (χ0) is 9.42. The average molecular weight is 197 g/mol. The Labute approximate surface area is 81.3 Å². The molecule has 0 atom stereocenters. The van der Waals surface area contributed by atoms with E-state index in [1.165, 1.54) is 0 Å². The maximum atomic E-state index is 11.4. The molecule has 0 aliphatic carbocycles. The molecule has 0 saturated carbocycles. The number of nitrogens with zero attached hydrogens (tertiary/aromatic N) is 2. The number of fused-ring (bicyclic) bond motifs is 1. The minimum absolute atomic E-state index is 0.104. The number of hydrogen-bond acceptors (Lipinski definition) is 2. The number of aromatic nitrogens is 1. The maximum Gasteiger partial charge on any atom is 0.232 e. The number of hydrogen-bond donors (Lipinski definition) is 0. The molecule has 4 heteroatoms. The van der Waals surface area contributed by atoms with Gasteiger partial charge in [-0.25, -0.2) is 4.98 Å². The fourth-order valence-electron chi connectivity index (χ4n) is 1.53. The van der Waals surface area contributed by atoms with Crippen LogP contribution in [0, 0.1) is 0 Å². The second kappa shape index (κ2) is 3.00. The molecule has 0 unspecified atom stereocenters. The number of halogens is 1. The highest BCUT2D eigenvalue weighted by Gasteiger charge is 2.27. The van der Waals surface area contributed by atoms with Gasteiger partial charge in [-0.15, -0.1) is 0 Å². The van der Waals surface area contributed by atoms with Crippen molar-refractivity contribution in [1.82, 2.24) is 4.98 Å². The van der Waals surface area contributed by atoms with Gasteiger partial charge in [0, 0.05) is 12.1 Å². The van der Waals surface area contributed by atoms with Gasteiger partial charge in [-0.1, -0.05) is 17.7 Å². The predicted octanol–water partition coefficient (Wildman–Crippen LogP) is 1.64. The van der Waals surface area contributed by atoms with Gasteiger partial charge in [0.2, 0.25) is 5.91 Å². The molecule has 0 saturated heterocycles. The molecule has 0 fully saturated rings. The fraction of sp³-hybridized carbons (Fsp3) is 0.333. The van der Waals surface area contributed by atoms with E-state index in [-0.39, 0.29) is 5.91 Å². The number of carbonyl (C=O) groups excluding carboxylic acids is 1. The summed E-state index contributed by atoms with van der Waals surface area (Å²) in [7, 11) is 0. The highest BCUT2D eigenvalue weighted by atomic mass is 35.5.